The maximum Gasteiger partial charge on any atom is 0.401 e. The molecular weight excluding hydrogens is 361 g/mol. The van der Waals surface area contributed by atoms with E-state index in [9.17, 15) is 18.0 Å². The average Bonchev–Trinajstić information content (AvgIpc) is 2.89. The van der Waals surface area contributed by atoms with Gasteiger partial charge in [0.2, 0.25) is 0 Å². The van der Waals surface area contributed by atoms with Crippen molar-refractivity contribution in [1.29, 1.82) is 0 Å². The number of carbonyl (C=O) groups is 1. The number of amides is 2. The Labute approximate surface area is 154 Å². The van der Waals surface area contributed by atoms with Crippen LogP contribution in [0, 0.1) is 0 Å². The molecular formula is C17H21F3N6O. The van der Waals surface area contributed by atoms with Crippen LogP contribution in [0.2, 0.25) is 0 Å². The smallest absolute Gasteiger partial charge is 0.323 e. The quantitative estimate of drug-likeness (QED) is 0.886. The lowest BCUT2D eigenvalue weighted by Gasteiger charge is -2.22. The number of hydrogen-bond donors (Lipinski definition) is 1. The van der Waals surface area contributed by atoms with Gasteiger partial charge in [-0.2, -0.15) is 18.3 Å². The third kappa shape index (κ3) is 5.43. The first-order valence-electron chi connectivity index (χ1n) is 8.60. The van der Waals surface area contributed by atoms with Crippen molar-refractivity contribution in [2.75, 3.05) is 38.0 Å². The van der Waals surface area contributed by atoms with Crippen molar-refractivity contribution in [3.05, 3.63) is 30.7 Å². The summed E-state index contributed by atoms with van der Waals surface area (Å²) in [5, 5.41) is 6.84. The molecule has 146 valence electrons. The van der Waals surface area contributed by atoms with E-state index in [2.05, 4.69) is 15.4 Å². The van der Waals surface area contributed by atoms with E-state index in [4.69, 9.17) is 0 Å². The highest BCUT2D eigenvalue weighted by molar-refractivity contribution is 5.89. The van der Waals surface area contributed by atoms with Crippen LogP contribution < -0.4 is 5.32 Å². The van der Waals surface area contributed by atoms with Gasteiger partial charge in [0.1, 0.15) is 5.82 Å². The fraction of sp³-hybridized carbons (Fsp3) is 0.471. The van der Waals surface area contributed by atoms with E-state index in [0.717, 1.165) is 11.1 Å². The van der Waals surface area contributed by atoms with Gasteiger partial charge in [0, 0.05) is 51.2 Å². The third-order valence-electron chi connectivity index (χ3n) is 4.31. The van der Waals surface area contributed by atoms with Crippen molar-refractivity contribution in [3.8, 4) is 11.1 Å². The minimum absolute atomic E-state index is 0.191. The van der Waals surface area contributed by atoms with E-state index in [-0.39, 0.29) is 19.1 Å². The molecule has 3 rings (SSSR count). The second-order valence-corrected chi connectivity index (χ2v) is 6.49. The molecule has 0 bridgehead atoms. The van der Waals surface area contributed by atoms with E-state index < -0.39 is 12.7 Å². The molecule has 0 unspecified atom stereocenters. The van der Waals surface area contributed by atoms with Gasteiger partial charge in [0.25, 0.3) is 0 Å². The van der Waals surface area contributed by atoms with Crippen LogP contribution in [-0.2, 0) is 7.05 Å². The van der Waals surface area contributed by atoms with Crippen LogP contribution in [0.25, 0.3) is 11.1 Å². The topological polar surface area (TPSA) is 66.3 Å². The zero-order chi connectivity index (χ0) is 19.4. The molecule has 1 N–H and O–H groups in total. The molecule has 27 heavy (non-hydrogen) atoms. The van der Waals surface area contributed by atoms with Gasteiger partial charge in [-0.05, 0) is 24.1 Å². The monoisotopic (exact) mass is 382 g/mol. The van der Waals surface area contributed by atoms with Gasteiger partial charge in [0.05, 0.1) is 12.7 Å². The average molecular weight is 382 g/mol. The first kappa shape index (κ1) is 19.2. The summed E-state index contributed by atoms with van der Waals surface area (Å²) >= 11 is 0. The lowest BCUT2D eigenvalue weighted by molar-refractivity contribution is -0.145. The van der Waals surface area contributed by atoms with Crippen LogP contribution >= 0.6 is 0 Å². The van der Waals surface area contributed by atoms with Gasteiger partial charge in [0.15, 0.2) is 0 Å². The van der Waals surface area contributed by atoms with Crippen molar-refractivity contribution in [1.82, 2.24) is 24.6 Å². The molecule has 0 spiro atoms. The van der Waals surface area contributed by atoms with Crippen LogP contribution in [0.3, 0.4) is 0 Å². The highest BCUT2D eigenvalue weighted by Gasteiger charge is 2.31. The van der Waals surface area contributed by atoms with Crippen LogP contribution in [-0.4, -0.2) is 69.5 Å². The molecule has 2 aromatic heterocycles. The maximum absolute atomic E-state index is 12.5. The van der Waals surface area contributed by atoms with Gasteiger partial charge in [-0.3, -0.25) is 14.9 Å². The number of pyridine rings is 1. The standard InChI is InChI=1S/C17H21F3N6O/c1-24-11-14(10-22-24)13-3-4-21-15(9-13)23-16(27)26-6-2-5-25(7-8-26)12-17(18,19)20/h3-4,9-11H,2,5-8,12H2,1H3,(H,21,23,27). The fourth-order valence-electron chi connectivity index (χ4n) is 3.02. The second kappa shape index (κ2) is 7.95. The SMILES string of the molecule is Cn1cc(-c2ccnc(NC(=O)N3CCCN(CC(F)(F)F)CC3)c2)cn1. The Morgan fingerprint density at radius 2 is 2.04 bits per heavy atom. The lowest BCUT2D eigenvalue weighted by Crippen LogP contribution is -2.40. The third-order valence-corrected chi connectivity index (χ3v) is 4.31. The summed E-state index contributed by atoms with van der Waals surface area (Å²) < 4.78 is 39.3. The normalized spacial score (nSPS) is 16.2. The highest BCUT2D eigenvalue weighted by atomic mass is 19.4. The zero-order valence-electron chi connectivity index (χ0n) is 14.9. The molecule has 7 nitrogen and oxygen atoms in total. The molecule has 1 aliphatic heterocycles. The number of urea groups is 1. The summed E-state index contributed by atoms with van der Waals surface area (Å²) in [7, 11) is 1.81. The van der Waals surface area contributed by atoms with Gasteiger partial charge in [-0.1, -0.05) is 0 Å². The zero-order valence-corrected chi connectivity index (χ0v) is 14.9. The van der Waals surface area contributed by atoms with Gasteiger partial charge < -0.3 is 4.90 Å². The van der Waals surface area contributed by atoms with Crippen molar-refractivity contribution >= 4 is 11.8 Å². The number of anilines is 1. The van der Waals surface area contributed by atoms with Crippen molar-refractivity contribution < 1.29 is 18.0 Å². The summed E-state index contributed by atoms with van der Waals surface area (Å²) in [4.78, 5) is 19.5. The Balaban J connectivity index is 1.60. The number of aromatic nitrogens is 3. The van der Waals surface area contributed by atoms with Crippen LogP contribution in [0.5, 0.6) is 0 Å². The van der Waals surface area contributed by atoms with Crippen molar-refractivity contribution in [3.63, 3.8) is 0 Å². The summed E-state index contributed by atoms with van der Waals surface area (Å²) in [6.45, 7) is 0.206. The number of halogens is 3. The molecule has 0 aliphatic carbocycles. The molecule has 1 fully saturated rings. The summed E-state index contributed by atoms with van der Waals surface area (Å²) in [6, 6.07) is 3.19. The summed E-state index contributed by atoms with van der Waals surface area (Å²) in [6.07, 6.45) is 1.42. The van der Waals surface area contributed by atoms with Crippen LogP contribution in [0.4, 0.5) is 23.8 Å². The predicted octanol–water partition coefficient (Wildman–Crippen LogP) is 2.58. The molecule has 0 aromatic carbocycles. The van der Waals surface area contributed by atoms with Crippen molar-refractivity contribution in [2.45, 2.75) is 12.6 Å². The molecule has 2 amide bonds. The fourth-order valence-corrected chi connectivity index (χ4v) is 3.02. The van der Waals surface area contributed by atoms with E-state index in [0.29, 0.717) is 25.3 Å². The lowest BCUT2D eigenvalue weighted by atomic mass is 10.1. The van der Waals surface area contributed by atoms with E-state index in [1.165, 1.54) is 9.80 Å². The van der Waals surface area contributed by atoms with E-state index in [1.54, 1.807) is 23.1 Å². The summed E-state index contributed by atoms with van der Waals surface area (Å²) in [5.41, 5.74) is 1.76. The molecule has 2 aromatic rings. The number of nitrogens with zero attached hydrogens (tertiary/aromatic N) is 5. The second-order valence-electron chi connectivity index (χ2n) is 6.49. The number of nitrogens with one attached hydrogen (secondary N) is 1. The Morgan fingerprint density at radius 3 is 2.74 bits per heavy atom. The molecule has 3 heterocycles. The Bertz CT molecular complexity index is 791. The molecule has 0 saturated carbocycles. The number of carbonyl (C=O) groups excluding carboxylic acids is 1. The van der Waals surface area contributed by atoms with Gasteiger partial charge in [-0.15, -0.1) is 0 Å². The molecule has 0 radical (unpaired) electrons. The Hall–Kier alpha value is -2.62. The predicted molar refractivity (Wildman–Crippen MR) is 94.1 cm³/mol. The van der Waals surface area contributed by atoms with E-state index in [1.807, 2.05) is 19.3 Å². The van der Waals surface area contributed by atoms with E-state index >= 15 is 0 Å². The highest BCUT2D eigenvalue weighted by Crippen LogP contribution is 2.21. The minimum atomic E-state index is -4.23. The molecule has 0 atom stereocenters. The first-order chi connectivity index (χ1) is 12.8. The van der Waals surface area contributed by atoms with Crippen LogP contribution in [0.1, 0.15) is 6.42 Å². The Morgan fingerprint density at radius 1 is 1.22 bits per heavy atom. The number of aryl methyl sites for hydroxylation is 1. The van der Waals surface area contributed by atoms with Gasteiger partial charge in [-0.25, -0.2) is 9.78 Å². The number of rotatable bonds is 3. The first-order valence-corrected chi connectivity index (χ1v) is 8.60. The largest absolute Gasteiger partial charge is 0.401 e. The summed E-state index contributed by atoms with van der Waals surface area (Å²) in [5.74, 6) is 0.387. The van der Waals surface area contributed by atoms with Crippen LogP contribution in [0.15, 0.2) is 30.7 Å². The maximum atomic E-state index is 12.5. The minimum Gasteiger partial charge on any atom is -0.323 e. The Kier molecular flexibility index (Phi) is 5.64. The molecule has 1 aliphatic rings. The molecule has 1 saturated heterocycles. The van der Waals surface area contributed by atoms with Crippen molar-refractivity contribution in [2.24, 2.45) is 7.05 Å². The number of alkyl halides is 3. The molecule has 10 heteroatoms. The number of hydrogen-bond acceptors (Lipinski definition) is 4. The van der Waals surface area contributed by atoms with Gasteiger partial charge >= 0.3 is 12.2 Å².